The number of hydrogen-bond acceptors (Lipinski definition) is 5. The van der Waals surface area contributed by atoms with Crippen LogP contribution in [0, 0.1) is 0 Å². The maximum atomic E-state index is 13.9. The Balaban J connectivity index is 1.22. The number of fused-ring (bicyclic) bond motifs is 8. The minimum Gasteiger partial charge on any atom is -0.456 e. The standard InChI is InChI=1S/C38H38N2O2S/c41-37-27-9-1-2-10-30(27)38(43-37)31-19-21-11-13-23-5-3-7-25-15-17-28(33(21)39(23)25)35(31)42-36-29-18-16-26-8-4-6-24-14-12-22(20-32(36)38)34(29)40(24)26/h1-2,9-10,19-20,23-26H,3-8,11-18H2. The van der Waals surface area contributed by atoms with Gasteiger partial charge < -0.3 is 14.5 Å². The number of carbonyl (C=O) groups is 1. The maximum absolute atomic E-state index is 13.9. The Bertz CT molecular complexity index is 1670. The molecule has 0 saturated carbocycles. The van der Waals surface area contributed by atoms with Gasteiger partial charge in [0, 0.05) is 63.4 Å². The molecule has 0 N–H and O–H groups in total. The minimum absolute atomic E-state index is 0.208. The van der Waals surface area contributed by atoms with Crippen LogP contribution < -0.4 is 14.5 Å². The first kappa shape index (κ1) is 24.4. The number of aryl methyl sites for hydroxylation is 2. The molecule has 8 heterocycles. The zero-order valence-corrected chi connectivity index (χ0v) is 25.6. The smallest absolute Gasteiger partial charge is 0.221 e. The van der Waals surface area contributed by atoms with E-state index in [-0.39, 0.29) is 5.12 Å². The molecule has 4 nitrogen and oxygen atoms in total. The summed E-state index contributed by atoms with van der Waals surface area (Å²) >= 11 is 1.57. The molecule has 2 saturated heterocycles. The van der Waals surface area contributed by atoms with Crippen molar-refractivity contribution in [3.05, 3.63) is 80.9 Å². The quantitative estimate of drug-likeness (QED) is 0.265. The molecule has 2 fully saturated rings. The van der Waals surface area contributed by atoms with Crippen LogP contribution in [0.4, 0.5) is 11.4 Å². The van der Waals surface area contributed by atoms with E-state index in [2.05, 4.69) is 40.1 Å². The van der Waals surface area contributed by atoms with Gasteiger partial charge in [0.15, 0.2) is 0 Å². The summed E-state index contributed by atoms with van der Waals surface area (Å²) in [6, 6.07) is 16.2. The molecule has 218 valence electrons. The molecular formula is C38H38N2O2S. The Morgan fingerprint density at radius 2 is 1.16 bits per heavy atom. The maximum Gasteiger partial charge on any atom is 0.221 e. The third-order valence-corrected chi connectivity index (χ3v) is 14.1. The molecular weight excluding hydrogens is 548 g/mol. The van der Waals surface area contributed by atoms with Gasteiger partial charge in [0.2, 0.25) is 5.12 Å². The van der Waals surface area contributed by atoms with Crippen LogP contribution in [-0.2, 0) is 30.4 Å². The Labute approximate surface area is 258 Å². The molecule has 8 aliphatic heterocycles. The van der Waals surface area contributed by atoms with Gasteiger partial charge >= 0.3 is 0 Å². The van der Waals surface area contributed by atoms with Gasteiger partial charge in [0.1, 0.15) is 16.2 Å². The zero-order valence-electron chi connectivity index (χ0n) is 24.8. The SMILES string of the molecule is O=C1SC2(c3ccccc31)c1cc3c4c(c1Oc1c2cc2c5c1CCC1CCCC(CC2)N51)CCC1CCCC(CC3)N41. The second kappa shape index (κ2) is 8.41. The lowest BCUT2D eigenvalue weighted by Gasteiger charge is -2.53. The third kappa shape index (κ3) is 2.94. The Hall–Kier alpha value is -2.92. The highest BCUT2D eigenvalue weighted by atomic mass is 32.2. The molecule has 0 aromatic heterocycles. The predicted molar refractivity (Wildman–Crippen MR) is 172 cm³/mol. The van der Waals surface area contributed by atoms with Crippen molar-refractivity contribution in [2.45, 2.75) is 119 Å². The van der Waals surface area contributed by atoms with Crippen molar-refractivity contribution < 1.29 is 9.53 Å². The van der Waals surface area contributed by atoms with E-state index >= 15 is 0 Å². The lowest BCUT2D eigenvalue weighted by atomic mass is 9.72. The average Bonchev–Trinajstić information content (AvgIpc) is 3.35. The van der Waals surface area contributed by atoms with Gasteiger partial charge in [0.05, 0.1) is 0 Å². The normalized spacial score (nSPS) is 32.0. The van der Waals surface area contributed by atoms with E-state index in [9.17, 15) is 4.79 Å². The van der Waals surface area contributed by atoms with Gasteiger partial charge in [0.25, 0.3) is 0 Å². The van der Waals surface area contributed by atoms with Crippen molar-refractivity contribution >= 4 is 28.3 Å². The molecule has 3 aromatic rings. The minimum atomic E-state index is -0.543. The first-order chi connectivity index (χ1) is 21.2. The van der Waals surface area contributed by atoms with Crippen molar-refractivity contribution in [3.63, 3.8) is 0 Å². The van der Waals surface area contributed by atoms with Crippen LogP contribution in [0.5, 0.6) is 11.5 Å². The highest BCUT2D eigenvalue weighted by molar-refractivity contribution is 8.15. The monoisotopic (exact) mass is 586 g/mol. The molecule has 0 aliphatic carbocycles. The number of ether oxygens (including phenoxy) is 1. The van der Waals surface area contributed by atoms with E-state index in [1.807, 2.05) is 6.07 Å². The Morgan fingerprint density at radius 3 is 1.72 bits per heavy atom. The van der Waals surface area contributed by atoms with E-state index in [1.54, 1.807) is 11.8 Å². The summed E-state index contributed by atoms with van der Waals surface area (Å²) in [7, 11) is 0. The fraction of sp³-hybridized carbons (Fsp3) is 0.500. The van der Waals surface area contributed by atoms with Crippen LogP contribution in [0.15, 0.2) is 36.4 Å². The Kier molecular flexibility index (Phi) is 4.77. The summed E-state index contributed by atoms with van der Waals surface area (Å²) in [6.45, 7) is 0. The number of anilines is 2. The summed E-state index contributed by atoms with van der Waals surface area (Å²) in [5.74, 6) is 2.19. The van der Waals surface area contributed by atoms with Crippen LogP contribution in [0.3, 0.4) is 0 Å². The summed E-state index contributed by atoms with van der Waals surface area (Å²) < 4.78 is 6.88. The molecule has 3 aromatic carbocycles. The van der Waals surface area contributed by atoms with Crippen molar-refractivity contribution in [1.82, 2.24) is 0 Å². The molecule has 8 aliphatic rings. The van der Waals surface area contributed by atoms with Crippen molar-refractivity contribution in [2.75, 3.05) is 9.80 Å². The number of nitrogens with zero attached hydrogens (tertiary/aromatic N) is 2. The summed E-state index contributed by atoms with van der Waals surface area (Å²) in [6.07, 6.45) is 17.4. The van der Waals surface area contributed by atoms with Crippen LogP contribution >= 0.6 is 11.8 Å². The number of thioether (sulfide) groups is 1. The van der Waals surface area contributed by atoms with Gasteiger partial charge in [-0.15, -0.1) is 0 Å². The molecule has 0 bridgehead atoms. The highest BCUT2D eigenvalue weighted by Crippen LogP contribution is 2.67. The number of benzene rings is 3. The molecule has 1 spiro atoms. The van der Waals surface area contributed by atoms with E-state index < -0.39 is 4.75 Å². The van der Waals surface area contributed by atoms with Crippen LogP contribution in [-0.4, -0.2) is 29.3 Å². The topological polar surface area (TPSA) is 32.8 Å². The number of rotatable bonds is 0. The van der Waals surface area contributed by atoms with Crippen molar-refractivity contribution in [2.24, 2.45) is 0 Å². The molecule has 4 unspecified atom stereocenters. The molecule has 43 heavy (non-hydrogen) atoms. The lowest BCUT2D eigenvalue weighted by Crippen LogP contribution is -2.52. The van der Waals surface area contributed by atoms with Crippen LogP contribution in [0.25, 0.3) is 0 Å². The third-order valence-electron chi connectivity index (χ3n) is 12.8. The molecule has 5 heteroatoms. The Morgan fingerprint density at radius 1 is 0.651 bits per heavy atom. The van der Waals surface area contributed by atoms with Crippen LogP contribution in [0.2, 0.25) is 0 Å². The number of carbonyl (C=O) groups excluding carboxylic acids is 1. The summed E-state index contributed by atoms with van der Waals surface area (Å²) in [5.41, 5.74) is 13.4. The number of piperidine rings is 2. The summed E-state index contributed by atoms with van der Waals surface area (Å²) in [4.78, 5) is 19.6. The largest absolute Gasteiger partial charge is 0.456 e. The molecule has 0 amide bonds. The average molecular weight is 587 g/mol. The van der Waals surface area contributed by atoms with E-state index in [0.717, 1.165) is 42.7 Å². The fourth-order valence-electron chi connectivity index (χ4n) is 11.1. The van der Waals surface area contributed by atoms with Gasteiger partial charge in [-0.2, -0.15) is 0 Å². The van der Waals surface area contributed by atoms with Gasteiger partial charge in [-0.25, -0.2) is 0 Å². The van der Waals surface area contributed by atoms with E-state index in [4.69, 9.17) is 4.74 Å². The highest BCUT2D eigenvalue weighted by Gasteiger charge is 2.56. The summed E-state index contributed by atoms with van der Waals surface area (Å²) in [5, 5.41) is 0.208. The first-order valence-electron chi connectivity index (χ1n) is 17.2. The lowest BCUT2D eigenvalue weighted by molar-refractivity contribution is 0.109. The van der Waals surface area contributed by atoms with E-state index in [1.165, 1.54) is 115 Å². The van der Waals surface area contributed by atoms with Gasteiger partial charge in [-0.1, -0.05) is 36.0 Å². The number of hydrogen-bond donors (Lipinski definition) is 0. The second-order valence-electron chi connectivity index (χ2n) is 14.6. The first-order valence-corrected chi connectivity index (χ1v) is 18.0. The molecule has 4 atom stereocenters. The van der Waals surface area contributed by atoms with Crippen LogP contribution in [0.1, 0.15) is 114 Å². The van der Waals surface area contributed by atoms with Crippen molar-refractivity contribution in [1.29, 1.82) is 0 Å². The van der Waals surface area contributed by atoms with Gasteiger partial charge in [-0.05, 0) is 119 Å². The molecule has 0 radical (unpaired) electrons. The molecule has 11 rings (SSSR count). The van der Waals surface area contributed by atoms with E-state index in [0.29, 0.717) is 24.2 Å². The predicted octanol–water partition coefficient (Wildman–Crippen LogP) is 8.21. The zero-order chi connectivity index (χ0) is 28.0. The van der Waals surface area contributed by atoms with Gasteiger partial charge in [-0.3, -0.25) is 4.79 Å². The van der Waals surface area contributed by atoms with Crippen molar-refractivity contribution in [3.8, 4) is 11.5 Å². The fourth-order valence-corrected chi connectivity index (χ4v) is 12.5. The second-order valence-corrected chi connectivity index (χ2v) is 15.8.